The fourth-order valence-electron chi connectivity index (χ4n) is 2.02. The zero-order valence-electron chi connectivity index (χ0n) is 11.2. The van der Waals surface area contributed by atoms with E-state index in [9.17, 15) is 8.42 Å². The minimum absolute atomic E-state index is 0.0387. The highest BCUT2D eigenvalue weighted by Gasteiger charge is 2.21. The van der Waals surface area contributed by atoms with Crippen LogP contribution >= 0.6 is 0 Å². The molecule has 8 nitrogen and oxygen atoms in total. The number of ether oxygens (including phenoxy) is 2. The molecule has 0 atom stereocenters. The van der Waals surface area contributed by atoms with Crippen molar-refractivity contribution < 1.29 is 17.9 Å². The van der Waals surface area contributed by atoms with Crippen molar-refractivity contribution in [2.45, 2.75) is 5.03 Å². The molecule has 9 heteroatoms. The van der Waals surface area contributed by atoms with Crippen LogP contribution in [0.2, 0.25) is 0 Å². The summed E-state index contributed by atoms with van der Waals surface area (Å²) in [5.74, 6) is 0.959. The van der Waals surface area contributed by atoms with Crippen LogP contribution in [0.1, 0.15) is 0 Å². The number of rotatable bonds is 3. The van der Waals surface area contributed by atoms with E-state index in [2.05, 4.69) is 9.82 Å². The van der Waals surface area contributed by atoms with Crippen molar-refractivity contribution in [3.05, 3.63) is 24.4 Å². The highest BCUT2D eigenvalue weighted by Crippen LogP contribution is 2.37. The first kappa shape index (κ1) is 13.6. The highest BCUT2D eigenvalue weighted by atomic mass is 32.2. The monoisotopic (exact) mass is 310 g/mol. The molecule has 3 N–H and O–H groups in total. The number of hydrogen-bond acceptors (Lipinski definition) is 6. The molecule has 1 aliphatic heterocycles. The molecule has 0 amide bonds. The second-order valence-corrected chi connectivity index (χ2v) is 6.11. The number of fused-ring (bicyclic) bond motifs is 1. The molecular weight excluding hydrogens is 296 g/mol. The van der Waals surface area contributed by atoms with Crippen molar-refractivity contribution in [2.24, 2.45) is 7.05 Å². The zero-order chi connectivity index (χ0) is 15.0. The Morgan fingerprint density at radius 2 is 1.95 bits per heavy atom. The van der Waals surface area contributed by atoms with Crippen LogP contribution in [0.4, 0.5) is 11.4 Å². The molecule has 0 saturated carbocycles. The molecule has 0 spiro atoms. The second-order valence-electron chi connectivity index (χ2n) is 4.48. The van der Waals surface area contributed by atoms with E-state index < -0.39 is 10.0 Å². The Balaban J connectivity index is 1.97. The first-order valence-corrected chi connectivity index (χ1v) is 7.65. The summed E-state index contributed by atoms with van der Waals surface area (Å²) in [6.45, 7) is 0.845. The van der Waals surface area contributed by atoms with Gasteiger partial charge in [0, 0.05) is 19.2 Å². The third-order valence-corrected chi connectivity index (χ3v) is 4.45. The molecule has 1 aromatic carbocycles. The lowest BCUT2D eigenvalue weighted by Crippen LogP contribution is -2.19. The Bertz CT molecular complexity index is 785. The van der Waals surface area contributed by atoms with E-state index in [1.807, 2.05) is 0 Å². The van der Waals surface area contributed by atoms with Crippen LogP contribution in [-0.4, -0.2) is 31.4 Å². The normalized spacial score (nSPS) is 14.0. The Kier molecular flexibility index (Phi) is 3.13. The van der Waals surface area contributed by atoms with Gasteiger partial charge < -0.3 is 15.2 Å². The predicted molar refractivity (Wildman–Crippen MR) is 75.9 cm³/mol. The molecule has 0 saturated heterocycles. The number of nitrogens with one attached hydrogen (secondary N) is 1. The Morgan fingerprint density at radius 3 is 2.57 bits per heavy atom. The number of aryl methyl sites for hydroxylation is 1. The van der Waals surface area contributed by atoms with Gasteiger partial charge in [0.1, 0.15) is 13.2 Å². The van der Waals surface area contributed by atoms with E-state index in [0.29, 0.717) is 24.7 Å². The molecule has 0 bridgehead atoms. The molecule has 0 radical (unpaired) electrons. The van der Waals surface area contributed by atoms with Gasteiger partial charge in [-0.3, -0.25) is 9.40 Å². The van der Waals surface area contributed by atoms with E-state index in [1.54, 1.807) is 7.05 Å². The molecule has 0 aliphatic carbocycles. The second kappa shape index (κ2) is 4.85. The molecule has 3 rings (SSSR count). The first-order chi connectivity index (χ1) is 9.97. The van der Waals surface area contributed by atoms with Gasteiger partial charge in [-0.2, -0.15) is 13.5 Å². The molecular formula is C12H14N4O4S. The van der Waals surface area contributed by atoms with Gasteiger partial charge in [-0.1, -0.05) is 0 Å². The molecule has 2 aromatic rings. The number of nitrogens with two attached hydrogens (primary N) is 1. The summed E-state index contributed by atoms with van der Waals surface area (Å²) in [5, 5.41) is 3.88. The van der Waals surface area contributed by atoms with Crippen LogP contribution in [0.15, 0.2) is 29.4 Å². The Labute approximate surface area is 121 Å². The Hall–Kier alpha value is -2.42. The molecule has 1 aliphatic rings. The standard InChI is InChI=1S/C12H14N4O4S/c1-16-12(2-3-14-16)21(17,18)15-9-7-11-10(6-8(9)13)19-4-5-20-11/h2-3,6-7,15H,4-5,13H2,1H3. The lowest BCUT2D eigenvalue weighted by atomic mass is 10.2. The third kappa shape index (κ3) is 2.47. The van der Waals surface area contributed by atoms with E-state index in [4.69, 9.17) is 15.2 Å². The molecule has 112 valence electrons. The average Bonchev–Trinajstić information content (AvgIpc) is 2.86. The van der Waals surface area contributed by atoms with Crippen LogP contribution in [0.5, 0.6) is 11.5 Å². The summed E-state index contributed by atoms with van der Waals surface area (Å²) in [5.41, 5.74) is 6.35. The summed E-state index contributed by atoms with van der Waals surface area (Å²) < 4.78 is 39.1. The van der Waals surface area contributed by atoms with Crippen LogP contribution in [0.3, 0.4) is 0 Å². The lowest BCUT2D eigenvalue weighted by molar-refractivity contribution is 0.172. The number of nitrogens with zero attached hydrogens (tertiary/aromatic N) is 2. The third-order valence-electron chi connectivity index (χ3n) is 3.01. The van der Waals surface area contributed by atoms with Gasteiger partial charge in [0.25, 0.3) is 10.0 Å². The van der Waals surface area contributed by atoms with Crippen LogP contribution < -0.4 is 19.9 Å². The van der Waals surface area contributed by atoms with Crippen molar-refractivity contribution in [1.29, 1.82) is 0 Å². The maximum atomic E-state index is 12.3. The molecule has 0 fully saturated rings. The first-order valence-electron chi connectivity index (χ1n) is 6.17. The largest absolute Gasteiger partial charge is 0.486 e. The SMILES string of the molecule is Cn1nccc1S(=O)(=O)Nc1cc2c(cc1N)OCCO2. The summed E-state index contributed by atoms with van der Waals surface area (Å²) in [4.78, 5) is 0. The quantitative estimate of drug-likeness (QED) is 0.803. The van der Waals surface area contributed by atoms with Gasteiger partial charge in [-0.15, -0.1) is 0 Å². The summed E-state index contributed by atoms with van der Waals surface area (Å²) in [7, 11) is -2.23. The van der Waals surface area contributed by atoms with Gasteiger partial charge in [-0.25, -0.2) is 0 Å². The van der Waals surface area contributed by atoms with Gasteiger partial charge >= 0.3 is 0 Å². The molecule has 21 heavy (non-hydrogen) atoms. The smallest absolute Gasteiger partial charge is 0.279 e. The number of sulfonamides is 1. The number of benzene rings is 1. The van der Waals surface area contributed by atoms with Crippen molar-refractivity contribution in [2.75, 3.05) is 23.7 Å². The van der Waals surface area contributed by atoms with E-state index in [1.165, 1.54) is 29.1 Å². The van der Waals surface area contributed by atoms with E-state index in [-0.39, 0.29) is 16.4 Å². The van der Waals surface area contributed by atoms with Crippen LogP contribution in [0, 0.1) is 0 Å². The molecule has 2 heterocycles. The number of aromatic nitrogens is 2. The van der Waals surface area contributed by atoms with Crippen molar-refractivity contribution >= 4 is 21.4 Å². The highest BCUT2D eigenvalue weighted by molar-refractivity contribution is 7.92. The van der Waals surface area contributed by atoms with E-state index >= 15 is 0 Å². The van der Waals surface area contributed by atoms with E-state index in [0.717, 1.165) is 0 Å². The fourth-order valence-corrected chi connectivity index (χ4v) is 3.22. The molecule has 1 aromatic heterocycles. The predicted octanol–water partition coefficient (Wildman–Crippen LogP) is 0.574. The summed E-state index contributed by atoms with van der Waals surface area (Å²) in [6.07, 6.45) is 1.40. The number of anilines is 2. The fraction of sp³-hybridized carbons (Fsp3) is 0.250. The van der Waals surface area contributed by atoms with Crippen molar-refractivity contribution in [1.82, 2.24) is 9.78 Å². The maximum Gasteiger partial charge on any atom is 0.279 e. The number of hydrogen-bond donors (Lipinski definition) is 2. The Morgan fingerprint density at radius 1 is 1.29 bits per heavy atom. The van der Waals surface area contributed by atoms with Gasteiger partial charge in [0.2, 0.25) is 0 Å². The zero-order valence-corrected chi connectivity index (χ0v) is 12.1. The van der Waals surface area contributed by atoms with Crippen LogP contribution in [-0.2, 0) is 17.1 Å². The summed E-state index contributed by atoms with van der Waals surface area (Å²) >= 11 is 0. The minimum atomic E-state index is -3.78. The molecule has 0 unspecified atom stereocenters. The van der Waals surface area contributed by atoms with Gasteiger partial charge in [0.15, 0.2) is 16.5 Å². The topological polar surface area (TPSA) is 108 Å². The van der Waals surface area contributed by atoms with Crippen molar-refractivity contribution in [3.8, 4) is 11.5 Å². The van der Waals surface area contributed by atoms with Crippen molar-refractivity contribution in [3.63, 3.8) is 0 Å². The minimum Gasteiger partial charge on any atom is -0.486 e. The average molecular weight is 310 g/mol. The van der Waals surface area contributed by atoms with Gasteiger partial charge in [0.05, 0.1) is 17.6 Å². The summed E-state index contributed by atoms with van der Waals surface area (Å²) in [6, 6.07) is 4.45. The number of nitrogen functional groups attached to an aromatic ring is 1. The van der Waals surface area contributed by atoms with Gasteiger partial charge in [-0.05, 0) is 6.07 Å². The van der Waals surface area contributed by atoms with Crippen LogP contribution in [0.25, 0.3) is 0 Å². The lowest BCUT2D eigenvalue weighted by Gasteiger charge is -2.20. The maximum absolute atomic E-state index is 12.3.